The van der Waals surface area contributed by atoms with E-state index in [2.05, 4.69) is 59.9 Å². The summed E-state index contributed by atoms with van der Waals surface area (Å²) in [5, 5.41) is 2.30. The van der Waals surface area contributed by atoms with Crippen molar-refractivity contribution < 1.29 is 14.4 Å². The smallest absolute Gasteiger partial charge is 0.335 e. The Labute approximate surface area is 202 Å². The molecule has 0 bridgehead atoms. The van der Waals surface area contributed by atoms with Crippen LogP contribution in [-0.2, 0) is 9.59 Å². The van der Waals surface area contributed by atoms with Crippen molar-refractivity contribution in [3.63, 3.8) is 0 Å². The number of halogens is 1. The first-order valence-corrected chi connectivity index (χ1v) is 11.6. The molecule has 1 saturated heterocycles. The number of urea groups is 1. The zero-order valence-corrected chi connectivity index (χ0v) is 20.9. The van der Waals surface area contributed by atoms with Crippen LogP contribution in [0.15, 0.2) is 52.5 Å². The molecule has 0 spiro atoms. The third-order valence-electron chi connectivity index (χ3n) is 6.13. The Kier molecular flexibility index (Phi) is 5.78. The second kappa shape index (κ2) is 8.30. The van der Waals surface area contributed by atoms with Gasteiger partial charge in [0.25, 0.3) is 11.8 Å². The van der Waals surface area contributed by atoms with Gasteiger partial charge in [-0.3, -0.25) is 14.9 Å². The maximum atomic E-state index is 13.3. The van der Waals surface area contributed by atoms with Crippen LogP contribution in [0.4, 0.5) is 16.2 Å². The second-order valence-corrected chi connectivity index (χ2v) is 9.81. The normalized spacial score (nSPS) is 18.9. The van der Waals surface area contributed by atoms with Crippen molar-refractivity contribution >= 4 is 56.8 Å². The lowest BCUT2D eigenvalue weighted by molar-refractivity contribution is -0.122. The molecule has 0 saturated carbocycles. The van der Waals surface area contributed by atoms with Gasteiger partial charge < -0.3 is 4.90 Å². The lowest BCUT2D eigenvalue weighted by atomic mass is 9.88. The number of anilines is 2. The minimum atomic E-state index is -0.752. The highest BCUT2D eigenvalue weighted by Crippen LogP contribution is 2.39. The molecule has 0 unspecified atom stereocenters. The zero-order valence-electron chi connectivity index (χ0n) is 19.3. The van der Waals surface area contributed by atoms with E-state index < -0.39 is 17.8 Å². The lowest BCUT2D eigenvalue weighted by Crippen LogP contribution is -2.54. The summed E-state index contributed by atoms with van der Waals surface area (Å²) in [7, 11) is 0. The number of hydrogen-bond acceptors (Lipinski definition) is 4. The van der Waals surface area contributed by atoms with Gasteiger partial charge in [-0.05, 0) is 87.7 Å². The molecule has 4 amide bonds. The van der Waals surface area contributed by atoms with Crippen LogP contribution in [0.25, 0.3) is 11.6 Å². The number of barbiturate groups is 1. The molecular formula is C26H26BrN3O3. The summed E-state index contributed by atoms with van der Waals surface area (Å²) in [6, 6.07) is 10.4. The number of aryl methyl sites for hydroxylation is 1. The molecule has 0 atom stereocenters. The van der Waals surface area contributed by atoms with E-state index in [1.165, 1.54) is 0 Å². The summed E-state index contributed by atoms with van der Waals surface area (Å²) in [6.07, 6.45) is 3.78. The second-order valence-electron chi connectivity index (χ2n) is 8.89. The minimum Gasteiger partial charge on any atom is -0.363 e. The third-order valence-corrected chi connectivity index (χ3v) is 6.62. The van der Waals surface area contributed by atoms with Crippen LogP contribution >= 0.6 is 15.9 Å². The maximum absolute atomic E-state index is 13.3. The van der Waals surface area contributed by atoms with Gasteiger partial charge in [0.05, 0.1) is 11.2 Å². The van der Waals surface area contributed by atoms with Crippen LogP contribution < -0.4 is 15.1 Å². The Morgan fingerprint density at radius 1 is 1.03 bits per heavy atom. The molecule has 1 N–H and O–H groups in total. The van der Waals surface area contributed by atoms with E-state index in [9.17, 15) is 14.4 Å². The first-order valence-electron chi connectivity index (χ1n) is 10.8. The quantitative estimate of drug-likeness (QED) is 0.443. The first kappa shape index (κ1) is 23.0. The molecule has 1 fully saturated rings. The number of amides is 4. The standard InChI is InChI=1S/C26H26BrN3O3/c1-6-29-22-9-7-17(12-19(22)16(3)14-26(29,4)5)13-20-23(31)28-25(33)30(24(20)32)21-10-8-18(27)11-15(21)2/h7-14H,6H2,1-5H3,(H,28,31,33)/b20-13-. The summed E-state index contributed by atoms with van der Waals surface area (Å²) in [4.78, 5) is 41.7. The lowest BCUT2D eigenvalue weighted by Gasteiger charge is -2.42. The number of rotatable bonds is 3. The average Bonchev–Trinajstić information content (AvgIpc) is 2.72. The third kappa shape index (κ3) is 4.02. The van der Waals surface area contributed by atoms with Crippen LogP contribution in [0.1, 0.15) is 44.4 Å². The molecule has 2 aliphatic heterocycles. The van der Waals surface area contributed by atoms with Crippen molar-refractivity contribution in [1.82, 2.24) is 5.32 Å². The fourth-order valence-corrected chi connectivity index (χ4v) is 5.16. The Hall–Kier alpha value is -3.19. The summed E-state index contributed by atoms with van der Waals surface area (Å²) in [5.74, 6) is -1.34. The minimum absolute atomic E-state index is 0.0815. The SMILES string of the molecule is CCN1c2ccc(/C=C3/C(=O)NC(=O)N(c4ccc(Br)cc4C)C3=O)cc2C(C)=CC1(C)C. The molecule has 0 aromatic heterocycles. The number of hydrogen-bond donors (Lipinski definition) is 1. The number of likely N-dealkylation sites (N-methyl/N-ethyl adjacent to an activating group) is 1. The Morgan fingerprint density at radius 2 is 1.73 bits per heavy atom. The van der Waals surface area contributed by atoms with Gasteiger partial charge in [-0.2, -0.15) is 0 Å². The number of benzene rings is 2. The van der Waals surface area contributed by atoms with Gasteiger partial charge >= 0.3 is 6.03 Å². The van der Waals surface area contributed by atoms with Gasteiger partial charge in [0.15, 0.2) is 0 Å². The summed E-state index contributed by atoms with van der Waals surface area (Å²) < 4.78 is 0.835. The number of nitrogens with one attached hydrogen (secondary N) is 1. The molecule has 6 nitrogen and oxygen atoms in total. The van der Waals surface area contributed by atoms with Gasteiger partial charge in [-0.25, -0.2) is 9.69 Å². The van der Waals surface area contributed by atoms with E-state index in [0.29, 0.717) is 5.69 Å². The molecule has 4 rings (SSSR count). The van der Waals surface area contributed by atoms with Crippen LogP contribution in [-0.4, -0.2) is 29.9 Å². The van der Waals surface area contributed by atoms with Crippen LogP contribution in [0.5, 0.6) is 0 Å². The number of carbonyl (C=O) groups excluding carboxylic acids is 3. The Morgan fingerprint density at radius 3 is 2.39 bits per heavy atom. The summed E-state index contributed by atoms with van der Waals surface area (Å²) in [6.45, 7) is 11.2. The number of fused-ring (bicyclic) bond motifs is 1. The van der Waals surface area contributed by atoms with Gasteiger partial charge in [-0.15, -0.1) is 0 Å². The molecule has 0 radical (unpaired) electrons. The average molecular weight is 508 g/mol. The van der Waals surface area contributed by atoms with E-state index in [1.54, 1.807) is 25.1 Å². The number of allylic oxidation sites excluding steroid dienone is 1. The van der Waals surface area contributed by atoms with Crippen molar-refractivity contribution in [2.75, 3.05) is 16.3 Å². The molecule has 170 valence electrons. The molecule has 2 aromatic rings. The molecule has 2 aromatic carbocycles. The fourth-order valence-electron chi connectivity index (χ4n) is 4.68. The maximum Gasteiger partial charge on any atom is 0.335 e. The molecule has 0 aliphatic carbocycles. The molecule has 2 heterocycles. The predicted octanol–water partition coefficient (Wildman–Crippen LogP) is 5.45. The van der Waals surface area contributed by atoms with E-state index >= 15 is 0 Å². The van der Waals surface area contributed by atoms with Crippen LogP contribution in [0.2, 0.25) is 0 Å². The zero-order chi connectivity index (χ0) is 24.1. The summed E-state index contributed by atoms with van der Waals surface area (Å²) >= 11 is 3.39. The van der Waals surface area contributed by atoms with E-state index in [-0.39, 0.29) is 11.1 Å². The van der Waals surface area contributed by atoms with E-state index in [0.717, 1.165) is 43.9 Å². The highest BCUT2D eigenvalue weighted by Gasteiger charge is 2.37. The van der Waals surface area contributed by atoms with Crippen LogP contribution in [0, 0.1) is 6.92 Å². The van der Waals surface area contributed by atoms with Crippen molar-refractivity contribution in [3.05, 3.63) is 69.2 Å². The molecular weight excluding hydrogens is 482 g/mol. The van der Waals surface area contributed by atoms with Crippen molar-refractivity contribution in [2.45, 2.75) is 40.2 Å². The highest BCUT2D eigenvalue weighted by atomic mass is 79.9. The first-order chi connectivity index (χ1) is 15.5. The Balaban J connectivity index is 1.76. The Bertz CT molecular complexity index is 1260. The predicted molar refractivity (Wildman–Crippen MR) is 135 cm³/mol. The summed E-state index contributed by atoms with van der Waals surface area (Å²) in [5.41, 5.74) is 5.02. The van der Waals surface area contributed by atoms with E-state index in [1.807, 2.05) is 24.3 Å². The van der Waals surface area contributed by atoms with Gasteiger partial charge in [0.2, 0.25) is 0 Å². The van der Waals surface area contributed by atoms with Gasteiger partial charge in [0.1, 0.15) is 5.57 Å². The van der Waals surface area contributed by atoms with Crippen molar-refractivity contribution in [1.29, 1.82) is 0 Å². The van der Waals surface area contributed by atoms with Gasteiger partial charge in [-0.1, -0.05) is 28.1 Å². The topological polar surface area (TPSA) is 69.7 Å². The monoisotopic (exact) mass is 507 g/mol. The van der Waals surface area contributed by atoms with Crippen molar-refractivity contribution in [2.24, 2.45) is 0 Å². The van der Waals surface area contributed by atoms with Crippen molar-refractivity contribution in [3.8, 4) is 0 Å². The number of imide groups is 2. The number of carbonyl (C=O) groups is 3. The highest BCUT2D eigenvalue weighted by molar-refractivity contribution is 9.10. The molecule has 2 aliphatic rings. The molecule has 33 heavy (non-hydrogen) atoms. The fraction of sp³-hybridized carbons (Fsp3) is 0.269. The van der Waals surface area contributed by atoms with E-state index in [4.69, 9.17) is 0 Å². The largest absolute Gasteiger partial charge is 0.363 e. The van der Waals surface area contributed by atoms with Crippen LogP contribution in [0.3, 0.4) is 0 Å². The molecule has 7 heteroatoms. The van der Waals surface area contributed by atoms with Gasteiger partial charge in [0, 0.05) is 22.3 Å². The number of nitrogens with zero attached hydrogens (tertiary/aromatic N) is 2.